The summed E-state index contributed by atoms with van der Waals surface area (Å²) in [6.07, 6.45) is 1.50. The molecule has 0 unspecified atom stereocenters. The summed E-state index contributed by atoms with van der Waals surface area (Å²) in [4.78, 5) is 32.8. The number of anilines is 2. The first-order chi connectivity index (χ1) is 18.7. The van der Waals surface area contributed by atoms with Crippen molar-refractivity contribution in [1.29, 1.82) is 0 Å². The van der Waals surface area contributed by atoms with Gasteiger partial charge in [0, 0.05) is 23.3 Å². The first-order valence-corrected chi connectivity index (χ1v) is 14.3. The van der Waals surface area contributed by atoms with E-state index in [0.717, 1.165) is 16.8 Å². The largest absolute Gasteiger partial charge is 0.481 e. The number of benzene rings is 1. The Hall–Kier alpha value is -3.53. The van der Waals surface area contributed by atoms with E-state index in [0.29, 0.717) is 17.1 Å². The number of esters is 2. The summed E-state index contributed by atoms with van der Waals surface area (Å²) in [5, 5.41) is 4.14. The molecule has 12 heteroatoms. The first kappa shape index (κ1) is 31.0. The topological polar surface area (TPSA) is 135 Å². The van der Waals surface area contributed by atoms with Gasteiger partial charge in [-0.3, -0.25) is 23.2 Å². The number of carbonyl (C=O) groups is 2. The summed E-state index contributed by atoms with van der Waals surface area (Å²) in [5.41, 5.74) is 1.21. The Balaban J connectivity index is 1.71. The Labute approximate surface area is 234 Å². The van der Waals surface area contributed by atoms with E-state index in [2.05, 4.69) is 15.3 Å². The number of carbonyl (C=O) groups excluding carboxylic acids is 2. The monoisotopic (exact) mass is 573 g/mol. The molecule has 0 aliphatic carbocycles. The number of hydrogen-bond acceptors (Lipinski definition) is 11. The van der Waals surface area contributed by atoms with Gasteiger partial charge in [-0.2, -0.15) is 4.98 Å². The van der Waals surface area contributed by atoms with E-state index in [1.165, 1.54) is 0 Å². The van der Waals surface area contributed by atoms with Crippen LogP contribution < -0.4 is 10.1 Å². The van der Waals surface area contributed by atoms with Crippen LogP contribution in [0.25, 0.3) is 11.0 Å². The molecule has 2 heterocycles. The minimum Gasteiger partial charge on any atom is -0.481 e. The van der Waals surface area contributed by atoms with E-state index in [4.69, 9.17) is 23.3 Å². The molecule has 0 bridgehead atoms. The summed E-state index contributed by atoms with van der Waals surface area (Å²) in [6.45, 7) is 8.99. The number of hydrogen-bond donors (Lipinski definition) is 1. The summed E-state index contributed by atoms with van der Waals surface area (Å²) in [7, 11) is -2.34. The van der Waals surface area contributed by atoms with Crippen LogP contribution in [0.5, 0.6) is 5.88 Å². The standard InChI is InChI=1S/C28H36N3O8P/c1-27(2,3)25(32)36-17-38-40(34,39-18-37-26(33)28(4,5)6)16-19-8-10-20(11-9-19)30-22-14-15-29-24-21(22)12-13-23(31-24)35-7/h8-15H,16-18H2,1-7H3,(H,29,30,31). The predicted octanol–water partition coefficient (Wildman–Crippen LogP) is 6.20. The molecule has 0 fully saturated rings. The van der Waals surface area contributed by atoms with E-state index in [1.807, 2.05) is 24.3 Å². The van der Waals surface area contributed by atoms with Gasteiger partial charge in [0.2, 0.25) is 19.5 Å². The Morgan fingerprint density at radius 1 is 0.850 bits per heavy atom. The van der Waals surface area contributed by atoms with E-state index >= 15 is 0 Å². The second-order valence-corrected chi connectivity index (χ2v) is 13.1. The van der Waals surface area contributed by atoms with Crippen molar-refractivity contribution in [3.05, 3.63) is 54.2 Å². The third-order valence-electron chi connectivity index (χ3n) is 5.50. The van der Waals surface area contributed by atoms with Gasteiger partial charge >= 0.3 is 19.5 Å². The zero-order valence-corrected chi connectivity index (χ0v) is 24.7. The maximum atomic E-state index is 13.6. The average molecular weight is 574 g/mol. The second kappa shape index (κ2) is 12.8. The zero-order chi connectivity index (χ0) is 29.6. The maximum Gasteiger partial charge on any atom is 0.340 e. The van der Waals surface area contributed by atoms with Gasteiger partial charge in [-0.15, -0.1) is 0 Å². The molecule has 3 aromatic rings. The fourth-order valence-corrected chi connectivity index (χ4v) is 4.53. The fraction of sp³-hybridized carbons (Fsp3) is 0.429. The summed E-state index contributed by atoms with van der Waals surface area (Å²) in [6, 6.07) is 12.6. The lowest BCUT2D eigenvalue weighted by molar-refractivity contribution is -0.162. The Bertz CT molecular complexity index is 1350. The number of rotatable bonds is 11. The fourth-order valence-electron chi connectivity index (χ4n) is 3.19. The van der Waals surface area contributed by atoms with Crippen LogP contribution in [-0.4, -0.2) is 42.6 Å². The van der Waals surface area contributed by atoms with Crippen LogP contribution in [0.3, 0.4) is 0 Å². The zero-order valence-electron chi connectivity index (χ0n) is 23.8. The molecule has 1 N–H and O–H groups in total. The summed E-state index contributed by atoms with van der Waals surface area (Å²) >= 11 is 0. The van der Waals surface area contributed by atoms with E-state index in [9.17, 15) is 14.2 Å². The minimum absolute atomic E-state index is 0.144. The van der Waals surface area contributed by atoms with Crippen molar-refractivity contribution in [3.63, 3.8) is 0 Å². The second-order valence-electron chi connectivity index (χ2n) is 11.0. The van der Waals surface area contributed by atoms with Crippen molar-refractivity contribution in [3.8, 4) is 5.88 Å². The van der Waals surface area contributed by atoms with Crippen LogP contribution in [0.15, 0.2) is 48.7 Å². The van der Waals surface area contributed by atoms with Gasteiger partial charge in [-0.05, 0) is 71.4 Å². The molecule has 3 rings (SSSR count). The summed E-state index contributed by atoms with van der Waals surface area (Å²) < 4.78 is 39.8. The number of nitrogens with zero attached hydrogens (tertiary/aromatic N) is 2. The van der Waals surface area contributed by atoms with Gasteiger partial charge < -0.3 is 19.5 Å². The number of pyridine rings is 2. The van der Waals surface area contributed by atoms with Crippen molar-refractivity contribution >= 4 is 41.9 Å². The number of ether oxygens (including phenoxy) is 3. The molecule has 0 spiro atoms. The normalized spacial score (nSPS) is 12.2. The molecule has 216 valence electrons. The molecule has 0 aliphatic heterocycles. The third kappa shape index (κ3) is 8.74. The van der Waals surface area contributed by atoms with Crippen LogP contribution in [0, 0.1) is 10.8 Å². The highest BCUT2D eigenvalue weighted by atomic mass is 31.2. The molecule has 11 nitrogen and oxygen atoms in total. The molecule has 0 atom stereocenters. The van der Waals surface area contributed by atoms with Crippen LogP contribution in [0.1, 0.15) is 47.1 Å². The van der Waals surface area contributed by atoms with Crippen molar-refractivity contribution in [2.24, 2.45) is 10.8 Å². The highest BCUT2D eigenvalue weighted by Crippen LogP contribution is 2.51. The van der Waals surface area contributed by atoms with E-state index in [-0.39, 0.29) is 6.16 Å². The lowest BCUT2D eigenvalue weighted by atomic mass is 9.98. The number of methoxy groups -OCH3 is 1. The van der Waals surface area contributed by atoms with Crippen LogP contribution in [-0.2, 0) is 38.8 Å². The number of fused-ring (bicyclic) bond motifs is 1. The van der Waals surface area contributed by atoms with Gasteiger partial charge in [0.1, 0.15) is 0 Å². The highest BCUT2D eigenvalue weighted by Gasteiger charge is 2.30. The third-order valence-corrected chi connectivity index (χ3v) is 7.25. The van der Waals surface area contributed by atoms with E-state index in [1.54, 1.807) is 73.0 Å². The molecular formula is C28H36N3O8P. The predicted molar refractivity (Wildman–Crippen MR) is 150 cm³/mol. The van der Waals surface area contributed by atoms with Crippen molar-refractivity contribution in [2.75, 3.05) is 26.0 Å². The highest BCUT2D eigenvalue weighted by molar-refractivity contribution is 7.53. The molecule has 2 aromatic heterocycles. The number of aromatic nitrogens is 2. The van der Waals surface area contributed by atoms with Gasteiger partial charge in [-0.1, -0.05) is 12.1 Å². The van der Waals surface area contributed by atoms with Gasteiger partial charge in [0.15, 0.2) is 5.65 Å². The van der Waals surface area contributed by atoms with Gasteiger partial charge in [-0.25, -0.2) is 4.98 Å². The molecule has 0 aliphatic rings. The van der Waals surface area contributed by atoms with Crippen LogP contribution >= 0.6 is 7.60 Å². The molecule has 1 aromatic carbocycles. The maximum absolute atomic E-state index is 13.6. The van der Waals surface area contributed by atoms with Crippen LogP contribution in [0.2, 0.25) is 0 Å². The van der Waals surface area contributed by atoms with Gasteiger partial charge in [0.25, 0.3) is 0 Å². The Morgan fingerprint density at radius 3 is 1.95 bits per heavy atom. The molecule has 0 radical (unpaired) electrons. The van der Waals surface area contributed by atoms with Crippen LogP contribution in [0.4, 0.5) is 11.4 Å². The SMILES string of the molecule is COc1ccc2c(Nc3ccc(CP(=O)(OCOC(=O)C(C)(C)C)OCOC(=O)C(C)(C)C)cc3)ccnc2n1. The van der Waals surface area contributed by atoms with Crippen molar-refractivity contribution in [2.45, 2.75) is 47.7 Å². The minimum atomic E-state index is -3.88. The molecule has 0 saturated carbocycles. The lowest BCUT2D eigenvalue weighted by Gasteiger charge is -2.22. The summed E-state index contributed by atoms with van der Waals surface area (Å²) in [5.74, 6) is -0.575. The lowest BCUT2D eigenvalue weighted by Crippen LogP contribution is -2.24. The molecule has 0 saturated heterocycles. The van der Waals surface area contributed by atoms with E-state index < -0.39 is 44.0 Å². The Morgan fingerprint density at radius 2 is 1.43 bits per heavy atom. The van der Waals surface area contributed by atoms with Crippen molar-refractivity contribution in [1.82, 2.24) is 9.97 Å². The smallest absolute Gasteiger partial charge is 0.340 e. The average Bonchev–Trinajstić information content (AvgIpc) is 2.88. The first-order valence-electron chi connectivity index (χ1n) is 12.6. The van der Waals surface area contributed by atoms with Gasteiger partial charge in [0.05, 0.1) is 29.8 Å². The molecule has 40 heavy (non-hydrogen) atoms. The molecular weight excluding hydrogens is 537 g/mol. The molecule has 0 amide bonds. The Kier molecular flexibility index (Phi) is 9.89. The van der Waals surface area contributed by atoms with Crippen molar-refractivity contribution < 1.29 is 37.4 Å². The number of nitrogens with one attached hydrogen (secondary N) is 1. The quantitative estimate of drug-likeness (QED) is 0.159.